The fourth-order valence-corrected chi connectivity index (χ4v) is 6.30. The van der Waals surface area contributed by atoms with Gasteiger partial charge >= 0.3 is 0 Å². The fraction of sp³-hybridized carbons (Fsp3) is 0.310. The number of amides is 2. The molecule has 2 amide bonds. The molecule has 10 heteroatoms. The van der Waals surface area contributed by atoms with Gasteiger partial charge in [-0.15, -0.1) is 0 Å². The van der Waals surface area contributed by atoms with Gasteiger partial charge in [0.1, 0.15) is 6.04 Å². The SMILES string of the molecule is CSCCC(NC(=O)c1cccc(S(=O)(=O)N2CCOCC2)c1)C(=O)NC(c1ccccc1)c1ccccc1. The third-order valence-corrected chi connectivity index (χ3v) is 9.03. The number of carbonyl (C=O) groups is 2. The predicted molar refractivity (Wildman–Crippen MR) is 153 cm³/mol. The van der Waals surface area contributed by atoms with Crippen molar-refractivity contribution in [3.63, 3.8) is 0 Å². The summed E-state index contributed by atoms with van der Waals surface area (Å²) in [4.78, 5) is 26.9. The van der Waals surface area contributed by atoms with Crippen molar-refractivity contribution in [1.82, 2.24) is 14.9 Å². The predicted octanol–water partition coefficient (Wildman–Crippen LogP) is 3.46. The molecule has 1 heterocycles. The normalized spacial score (nSPS) is 15.0. The molecule has 2 N–H and O–H groups in total. The molecule has 0 aliphatic carbocycles. The molecule has 0 bridgehead atoms. The maximum Gasteiger partial charge on any atom is 0.251 e. The first-order valence-electron chi connectivity index (χ1n) is 12.8. The average molecular weight is 568 g/mol. The smallest absolute Gasteiger partial charge is 0.251 e. The molecule has 0 saturated carbocycles. The lowest BCUT2D eigenvalue weighted by molar-refractivity contribution is -0.123. The van der Waals surface area contributed by atoms with E-state index in [-0.39, 0.29) is 29.5 Å². The zero-order chi connectivity index (χ0) is 27.7. The first-order chi connectivity index (χ1) is 18.9. The van der Waals surface area contributed by atoms with Crippen LogP contribution >= 0.6 is 11.8 Å². The van der Waals surface area contributed by atoms with E-state index >= 15 is 0 Å². The number of thioether (sulfide) groups is 1. The van der Waals surface area contributed by atoms with E-state index in [0.717, 1.165) is 11.1 Å². The average Bonchev–Trinajstić information content (AvgIpc) is 2.99. The highest BCUT2D eigenvalue weighted by Gasteiger charge is 2.28. The molecule has 0 radical (unpaired) electrons. The number of benzene rings is 3. The van der Waals surface area contributed by atoms with Crippen LogP contribution in [-0.2, 0) is 19.6 Å². The number of carbonyl (C=O) groups excluding carboxylic acids is 2. The molecule has 0 spiro atoms. The largest absolute Gasteiger partial charge is 0.379 e. The molecule has 206 valence electrons. The Kier molecular flexibility index (Phi) is 10.2. The molecule has 8 nitrogen and oxygen atoms in total. The van der Waals surface area contributed by atoms with Gasteiger partial charge in [-0.25, -0.2) is 8.42 Å². The second-order valence-corrected chi connectivity index (χ2v) is 12.0. The van der Waals surface area contributed by atoms with E-state index in [1.54, 1.807) is 23.9 Å². The Balaban J connectivity index is 1.53. The van der Waals surface area contributed by atoms with Gasteiger partial charge in [0.05, 0.1) is 24.2 Å². The van der Waals surface area contributed by atoms with E-state index in [2.05, 4.69) is 10.6 Å². The Morgan fingerprint density at radius 2 is 1.51 bits per heavy atom. The first-order valence-corrected chi connectivity index (χ1v) is 15.6. The summed E-state index contributed by atoms with van der Waals surface area (Å²) in [6, 6.07) is 24.1. The van der Waals surface area contributed by atoms with Gasteiger partial charge in [-0.1, -0.05) is 66.7 Å². The lowest BCUT2D eigenvalue weighted by Crippen LogP contribution is -2.48. The van der Waals surface area contributed by atoms with Crippen LogP contribution in [0.4, 0.5) is 0 Å². The molecule has 39 heavy (non-hydrogen) atoms. The van der Waals surface area contributed by atoms with Gasteiger partial charge in [0, 0.05) is 18.7 Å². The zero-order valence-electron chi connectivity index (χ0n) is 21.8. The summed E-state index contributed by atoms with van der Waals surface area (Å²) in [5.41, 5.74) is 2.02. The lowest BCUT2D eigenvalue weighted by atomic mass is 9.98. The standard InChI is InChI=1S/C29H33N3O5S2/c1-38-20-15-26(29(34)31-27(22-9-4-2-5-10-22)23-11-6-3-7-12-23)30-28(33)24-13-8-14-25(21-24)39(35,36)32-16-18-37-19-17-32/h2-14,21,26-27H,15-20H2,1H3,(H,30,33)(H,31,34). The summed E-state index contributed by atoms with van der Waals surface area (Å²) in [6.07, 6.45) is 2.36. The van der Waals surface area contributed by atoms with Crippen LogP contribution < -0.4 is 10.6 Å². The summed E-state index contributed by atoms with van der Waals surface area (Å²) in [5.74, 6) is -0.163. The number of rotatable bonds is 11. The first kappa shape index (κ1) is 28.8. The Morgan fingerprint density at radius 3 is 2.10 bits per heavy atom. The van der Waals surface area contributed by atoms with Gasteiger partial charge < -0.3 is 15.4 Å². The summed E-state index contributed by atoms with van der Waals surface area (Å²) in [5, 5.41) is 5.96. The fourth-order valence-electron chi connectivity index (χ4n) is 4.37. The van der Waals surface area contributed by atoms with Crippen LogP contribution in [0.15, 0.2) is 89.8 Å². The Morgan fingerprint density at radius 1 is 0.897 bits per heavy atom. The molecule has 1 fully saturated rings. The van der Waals surface area contributed by atoms with Crippen LogP contribution in [0.25, 0.3) is 0 Å². The van der Waals surface area contributed by atoms with Gasteiger partial charge in [-0.05, 0) is 47.8 Å². The van der Waals surface area contributed by atoms with E-state index in [0.29, 0.717) is 25.4 Å². The van der Waals surface area contributed by atoms with Gasteiger partial charge in [0.15, 0.2) is 0 Å². The lowest BCUT2D eigenvalue weighted by Gasteiger charge is -2.26. The number of nitrogens with one attached hydrogen (secondary N) is 2. The number of sulfonamides is 1. The van der Waals surface area contributed by atoms with E-state index in [9.17, 15) is 18.0 Å². The van der Waals surface area contributed by atoms with Crippen molar-refractivity contribution in [2.45, 2.75) is 23.4 Å². The molecule has 4 rings (SSSR count). The van der Waals surface area contributed by atoms with Gasteiger partial charge in [-0.2, -0.15) is 16.1 Å². The molecule has 3 aromatic rings. The zero-order valence-corrected chi connectivity index (χ0v) is 23.4. The highest BCUT2D eigenvalue weighted by molar-refractivity contribution is 7.98. The maximum atomic E-state index is 13.6. The quantitative estimate of drug-likeness (QED) is 0.368. The van der Waals surface area contributed by atoms with Crippen molar-refractivity contribution in [2.75, 3.05) is 38.3 Å². The van der Waals surface area contributed by atoms with Crippen LogP contribution in [-0.4, -0.2) is 68.9 Å². The molecule has 1 aliphatic heterocycles. The molecular formula is C29H33N3O5S2. The highest BCUT2D eigenvalue weighted by Crippen LogP contribution is 2.23. The second-order valence-electron chi connectivity index (χ2n) is 9.11. The molecule has 1 aliphatic rings. The second kappa shape index (κ2) is 13.7. The van der Waals surface area contributed by atoms with E-state index in [1.165, 1.54) is 16.4 Å². The molecule has 1 saturated heterocycles. The third-order valence-electron chi connectivity index (χ3n) is 6.49. The van der Waals surface area contributed by atoms with E-state index in [1.807, 2.05) is 66.9 Å². The Hall–Kier alpha value is -3.18. The van der Waals surface area contributed by atoms with Crippen molar-refractivity contribution in [3.8, 4) is 0 Å². The van der Waals surface area contributed by atoms with E-state index in [4.69, 9.17) is 4.74 Å². The highest BCUT2D eigenvalue weighted by atomic mass is 32.2. The summed E-state index contributed by atoms with van der Waals surface area (Å²) in [7, 11) is -3.76. The van der Waals surface area contributed by atoms with Crippen LogP contribution in [0.2, 0.25) is 0 Å². The van der Waals surface area contributed by atoms with Crippen LogP contribution in [0.1, 0.15) is 33.9 Å². The topological polar surface area (TPSA) is 105 Å². The van der Waals surface area contributed by atoms with Crippen molar-refractivity contribution >= 4 is 33.6 Å². The Bertz CT molecular complexity index is 1310. The molecule has 1 unspecified atom stereocenters. The minimum atomic E-state index is -3.76. The van der Waals surface area contributed by atoms with Crippen LogP contribution in [0.5, 0.6) is 0 Å². The van der Waals surface area contributed by atoms with Crippen molar-refractivity contribution in [1.29, 1.82) is 0 Å². The number of ether oxygens (including phenoxy) is 1. The third kappa shape index (κ3) is 7.48. The van der Waals surface area contributed by atoms with Crippen molar-refractivity contribution in [2.24, 2.45) is 0 Å². The number of morpholine rings is 1. The van der Waals surface area contributed by atoms with Crippen LogP contribution in [0.3, 0.4) is 0 Å². The van der Waals surface area contributed by atoms with Crippen molar-refractivity contribution in [3.05, 3.63) is 102 Å². The van der Waals surface area contributed by atoms with Gasteiger partial charge in [0.2, 0.25) is 15.9 Å². The molecule has 0 aromatic heterocycles. The minimum absolute atomic E-state index is 0.0374. The molecule has 1 atom stereocenters. The van der Waals surface area contributed by atoms with Crippen LogP contribution in [0, 0.1) is 0 Å². The number of nitrogens with zero attached hydrogens (tertiary/aromatic N) is 1. The maximum absolute atomic E-state index is 13.6. The molecular weight excluding hydrogens is 534 g/mol. The van der Waals surface area contributed by atoms with E-state index < -0.39 is 28.0 Å². The summed E-state index contributed by atoms with van der Waals surface area (Å²) < 4.78 is 32.8. The summed E-state index contributed by atoms with van der Waals surface area (Å²) in [6.45, 7) is 1.19. The number of hydrogen-bond donors (Lipinski definition) is 2. The molecule has 3 aromatic carbocycles. The van der Waals surface area contributed by atoms with Crippen molar-refractivity contribution < 1.29 is 22.7 Å². The van der Waals surface area contributed by atoms with Gasteiger partial charge in [-0.3, -0.25) is 9.59 Å². The van der Waals surface area contributed by atoms with Gasteiger partial charge in [0.25, 0.3) is 5.91 Å². The monoisotopic (exact) mass is 567 g/mol. The minimum Gasteiger partial charge on any atom is -0.379 e. The number of hydrogen-bond acceptors (Lipinski definition) is 6. The summed E-state index contributed by atoms with van der Waals surface area (Å²) >= 11 is 1.58. The Labute approximate surface area is 234 Å².